The van der Waals surface area contributed by atoms with Crippen molar-refractivity contribution in [1.82, 2.24) is 5.32 Å². The summed E-state index contributed by atoms with van der Waals surface area (Å²) >= 11 is 0. The number of hydrogen-bond acceptors (Lipinski definition) is 3. The molecule has 0 saturated carbocycles. The Morgan fingerprint density at radius 1 is 1.31 bits per heavy atom. The van der Waals surface area contributed by atoms with Crippen LogP contribution in [0.25, 0.3) is 0 Å². The third kappa shape index (κ3) is 3.70. The van der Waals surface area contributed by atoms with Crippen molar-refractivity contribution in [2.75, 3.05) is 13.7 Å². The fourth-order valence-corrected chi connectivity index (χ4v) is 1.17. The number of ether oxygens (including phenoxy) is 1. The van der Waals surface area contributed by atoms with E-state index in [1.54, 1.807) is 24.3 Å². The lowest BCUT2D eigenvalue weighted by molar-refractivity contribution is -0.124. The van der Waals surface area contributed by atoms with Gasteiger partial charge in [0.25, 0.3) is 0 Å². The normalized spacial score (nSPS) is 9.81. The van der Waals surface area contributed by atoms with E-state index in [1.807, 2.05) is 0 Å². The molecule has 1 aromatic carbocycles. The number of rotatable bonds is 5. The molecule has 0 unspecified atom stereocenters. The van der Waals surface area contributed by atoms with Gasteiger partial charge in [0.15, 0.2) is 0 Å². The maximum absolute atomic E-state index is 11.1. The summed E-state index contributed by atoms with van der Waals surface area (Å²) in [7, 11) is 1.46. The number of nitrogens with one attached hydrogen (secondary N) is 1. The van der Waals surface area contributed by atoms with Crippen molar-refractivity contribution in [2.45, 2.75) is 6.54 Å². The van der Waals surface area contributed by atoms with Gasteiger partial charge in [0.1, 0.15) is 6.61 Å². The standard InChI is InChI=1S/C11H14N2O3/c1-16-7-10(14)13-6-8-2-4-9(5-3-8)11(12)15/h2-5H,6-7H2,1H3,(H2,12,15)(H,13,14). The molecule has 1 aromatic rings. The minimum Gasteiger partial charge on any atom is -0.375 e. The van der Waals surface area contributed by atoms with Gasteiger partial charge in [0.05, 0.1) is 0 Å². The Labute approximate surface area is 93.6 Å². The number of carbonyl (C=O) groups excluding carboxylic acids is 2. The Kier molecular flexibility index (Phi) is 4.47. The molecular weight excluding hydrogens is 208 g/mol. The molecule has 0 fully saturated rings. The van der Waals surface area contributed by atoms with Crippen LogP contribution in [0.3, 0.4) is 0 Å². The Bertz CT molecular complexity index is 373. The number of nitrogens with two attached hydrogens (primary N) is 1. The van der Waals surface area contributed by atoms with E-state index in [9.17, 15) is 9.59 Å². The van der Waals surface area contributed by atoms with Crippen LogP contribution in [0.15, 0.2) is 24.3 Å². The number of amides is 2. The minimum atomic E-state index is -0.463. The van der Waals surface area contributed by atoms with Crippen LogP contribution in [0.5, 0.6) is 0 Å². The van der Waals surface area contributed by atoms with Crippen LogP contribution in [0.4, 0.5) is 0 Å². The van der Waals surface area contributed by atoms with Crippen LogP contribution < -0.4 is 11.1 Å². The highest BCUT2D eigenvalue weighted by Gasteiger charge is 2.02. The van der Waals surface area contributed by atoms with Gasteiger partial charge in [0.2, 0.25) is 11.8 Å². The van der Waals surface area contributed by atoms with Crippen molar-refractivity contribution < 1.29 is 14.3 Å². The summed E-state index contributed by atoms with van der Waals surface area (Å²) in [5.41, 5.74) is 6.45. The van der Waals surface area contributed by atoms with Crippen LogP contribution in [-0.4, -0.2) is 25.5 Å². The van der Waals surface area contributed by atoms with Gasteiger partial charge in [-0.15, -0.1) is 0 Å². The first-order valence-electron chi connectivity index (χ1n) is 4.78. The summed E-state index contributed by atoms with van der Waals surface area (Å²) in [4.78, 5) is 21.9. The molecule has 0 aliphatic heterocycles. The molecule has 1 rings (SSSR count). The molecule has 2 amide bonds. The Morgan fingerprint density at radius 3 is 2.44 bits per heavy atom. The van der Waals surface area contributed by atoms with Crippen molar-refractivity contribution in [3.05, 3.63) is 35.4 Å². The Morgan fingerprint density at radius 2 is 1.94 bits per heavy atom. The molecule has 86 valence electrons. The molecular formula is C11H14N2O3. The molecule has 0 aliphatic carbocycles. The number of hydrogen-bond donors (Lipinski definition) is 2. The summed E-state index contributed by atoms with van der Waals surface area (Å²) in [5, 5.41) is 2.67. The molecule has 16 heavy (non-hydrogen) atoms. The molecule has 0 aromatic heterocycles. The largest absolute Gasteiger partial charge is 0.375 e. The van der Waals surface area contributed by atoms with E-state index in [2.05, 4.69) is 10.1 Å². The van der Waals surface area contributed by atoms with Crippen LogP contribution in [0.2, 0.25) is 0 Å². The number of primary amides is 1. The molecule has 5 nitrogen and oxygen atoms in total. The second-order valence-electron chi connectivity index (χ2n) is 3.27. The fraction of sp³-hybridized carbons (Fsp3) is 0.273. The maximum Gasteiger partial charge on any atom is 0.248 e. The average Bonchev–Trinajstić information content (AvgIpc) is 2.27. The van der Waals surface area contributed by atoms with Gasteiger partial charge in [-0.3, -0.25) is 9.59 Å². The molecule has 0 heterocycles. The van der Waals surface area contributed by atoms with Crippen LogP contribution in [-0.2, 0) is 16.1 Å². The van der Waals surface area contributed by atoms with E-state index in [0.29, 0.717) is 12.1 Å². The monoisotopic (exact) mass is 222 g/mol. The van der Waals surface area contributed by atoms with Crippen molar-refractivity contribution in [1.29, 1.82) is 0 Å². The van der Waals surface area contributed by atoms with Gasteiger partial charge in [-0.1, -0.05) is 12.1 Å². The van der Waals surface area contributed by atoms with Crippen molar-refractivity contribution >= 4 is 11.8 Å². The van der Waals surface area contributed by atoms with Crippen LogP contribution in [0, 0.1) is 0 Å². The highest BCUT2D eigenvalue weighted by atomic mass is 16.5. The van der Waals surface area contributed by atoms with Gasteiger partial charge in [0, 0.05) is 19.2 Å². The van der Waals surface area contributed by atoms with Crippen LogP contribution >= 0.6 is 0 Å². The lowest BCUT2D eigenvalue weighted by Crippen LogP contribution is -2.26. The smallest absolute Gasteiger partial charge is 0.248 e. The summed E-state index contributed by atoms with van der Waals surface area (Å²) in [6.07, 6.45) is 0. The van der Waals surface area contributed by atoms with Gasteiger partial charge in [-0.2, -0.15) is 0 Å². The topological polar surface area (TPSA) is 81.4 Å². The Balaban J connectivity index is 2.49. The first kappa shape index (κ1) is 12.2. The van der Waals surface area contributed by atoms with Crippen LogP contribution in [0.1, 0.15) is 15.9 Å². The SMILES string of the molecule is COCC(=O)NCc1ccc(C(N)=O)cc1. The van der Waals surface area contributed by atoms with Gasteiger partial charge >= 0.3 is 0 Å². The molecule has 5 heteroatoms. The lowest BCUT2D eigenvalue weighted by atomic mass is 10.1. The summed E-state index contributed by atoms with van der Waals surface area (Å²) < 4.78 is 4.67. The zero-order valence-corrected chi connectivity index (χ0v) is 9.03. The zero-order chi connectivity index (χ0) is 12.0. The van der Waals surface area contributed by atoms with Crippen molar-refractivity contribution in [3.63, 3.8) is 0 Å². The van der Waals surface area contributed by atoms with Gasteiger partial charge in [-0.25, -0.2) is 0 Å². The Hall–Kier alpha value is -1.88. The number of methoxy groups -OCH3 is 1. The highest BCUT2D eigenvalue weighted by Crippen LogP contribution is 2.03. The van der Waals surface area contributed by atoms with E-state index in [-0.39, 0.29) is 12.5 Å². The van der Waals surface area contributed by atoms with Crippen molar-refractivity contribution in [2.24, 2.45) is 5.73 Å². The predicted octanol–water partition coefficient (Wildman–Crippen LogP) is 0.0481. The van der Waals surface area contributed by atoms with Gasteiger partial charge < -0.3 is 15.8 Å². The third-order valence-corrected chi connectivity index (χ3v) is 2.00. The van der Waals surface area contributed by atoms with E-state index < -0.39 is 5.91 Å². The maximum atomic E-state index is 11.1. The number of carbonyl (C=O) groups is 2. The highest BCUT2D eigenvalue weighted by molar-refractivity contribution is 5.92. The molecule has 0 aliphatic rings. The van der Waals surface area contributed by atoms with Gasteiger partial charge in [-0.05, 0) is 17.7 Å². The molecule has 0 atom stereocenters. The van der Waals surface area contributed by atoms with E-state index in [1.165, 1.54) is 7.11 Å². The number of benzene rings is 1. The third-order valence-electron chi connectivity index (χ3n) is 2.00. The summed E-state index contributed by atoms with van der Waals surface area (Å²) in [6.45, 7) is 0.445. The fourth-order valence-electron chi connectivity index (χ4n) is 1.17. The minimum absolute atomic E-state index is 0.0410. The van der Waals surface area contributed by atoms with E-state index in [0.717, 1.165) is 5.56 Å². The second kappa shape index (κ2) is 5.87. The first-order chi connectivity index (χ1) is 7.63. The van der Waals surface area contributed by atoms with Crippen molar-refractivity contribution in [3.8, 4) is 0 Å². The molecule has 0 spiro atoms. The summed E-state index contributed by atoms with van der Waals surface area (Å²) in [6, 6.07) is 6.74. The van der Waals surface area contributed by atoms with E-state index in [4.69, 9.17) is 5.73 Å². The second-order valence-corrected chi connectivity index (χ2v) is 3.27. The molecule has 0 saturated heterocycles. The summed E-state index contributed by atoms with van der Waals surface area (Å²) in [5.74, 6) is -0.642. The first-order valence-corrected chi connectivity index (χ1v) is 4.78. The lowest BCUT2D eigenvalue weighted by Gasteiger charge is -2.04. The average molecular weight is 222 g/mol. The molecule has 0 radical (unpaired) electrons. The van der Waals surface area contributed by atoms with E-state index >= 15 is 0 Å². The molecule has 3 N–H and O–H groups in total. The predicted molar refractivity (Wildman–Crippen MR) is 58.7 cm³/mol. The molecule has 0 bridgehead atoms. The quantitative estimate of drug-likeness (QED) is 0.738. The zero-order valence-electron chi connectivity index (χ0n) is 9.03.